The Hall–Kier alpha value is -0.0400. The van der Waals surface area contributed by atoms with Gasteiger partial charge in [-0.05, 0) is 31.3 Å². The monoisotopic (exact) mass is 171 g/mol. The van der Waals surface area contributed by atoms with E-state index < -0.39 is 0 Å². The van der Waals surface area contributed by atoms with E-state index in [4.69, 9.17) is 0 Å². The average molecular weight is 171 g/mol. The molecule has 1 N–H and O–H groups in total. The molecule has 0 bridgehead atoms. The molecule has 1 aliphatic rings. The minimum Gasteiger partial charge on any atom is -0.316 e. The second-order valence-electron chi connectivity index (χ2n) is 4.28. The lowest BCUT2D eigenvalue weighted by Crippen LogP contribution is -2.06. The highest BCUT2D eigenvalue weighted by Crippen LogP contribution is 2.03. The Morgan fingerprint density at radius 1 is 1.42 bits per heavy atom. The van der Waals surface area contributed by atoms with Crippen molar-refractivity contribution in [3.05, 3.63) is 0 Å². The van der Waals surface area contributed by atoms with E-state index in [1.54, 1.807) is 0 Å². The fourth-order valence-electron chi connectivity index (χ4n) is 1.38. The van der Waals surface area contributed by atoms with Crippen LogP contribution < -0.4 is 5.32 Å². The van der Waals surface area contributed by atoms with Crippen LogP contribution in [0.3, 0.4) is 0 Å². The predicted octanol–water partition coefficient (Wildman–Crippen LogP) is 3.06. The normalized spacial score (nSPS) is 22.2. The Kier molecular flexibility index (Phi) is 7.58. The molecule has 1 heterocycles. The lowest BCUT2D eigenvalue weighted by molar-refractivity contribution is 0.576. The summed E-state index contributed by atoms with van der Waals surface area (Å²) in [6, 6.07) is 0. The van der Waals surface area contributed by atoms with Gasteiger partial charge in [-0.1, -0.05) is 40.5 Å². The van der Waals surface area contributed by atoms with Gasteiger partial charge in [0, 0.05) is 0 Å². The van der Waals surface area contributed by atoms with Crippen molar-refractivity contribution >= 4 is 0 Å². The first-order chi connectivity index (χ1) is 5.66. The molecule has 74 valence electrons. The first kappa shape index (κ1) is 12.0. The summed E-state index contributed by atoms with van der Waals surface area (Å²) in [6.45, 7) is 11.5. The van der Waals surface area contributed by atoms with Crippen LogP contribution in [0.15, 0.2) is 0 Å². The fraction of sp³-hybridized carbons (Fsp3) is 1.00. The van der Waals surface area contributed by atoms with Gasteiger partial charge >= 0.3 is 0 Å². The van der Waals surface area contributed by atoms with Gasteiger partial charge in [0.05, 0.1) is 0 Å². The minimum atomic E-state index is 0.898. The summed E-state index contributed by atoms with van der Waals surface area (Å²) >= 11 is 0. The Morgan fingerprint density at radius 2 is 2.08 bits per heavy atom. The van der Waals surface area contributed by atoms with Crippen LogP contribution in [0.1, 0.15) is 47.0 Å². The zero-order chi connectivity index (χ0) is 9.40. The summed E-state index contributed by atoms with van der Waals surface area (Å²) in [4.78, 5) is 0. The third-order valence-electron chi connectivity index (χ3n) is 2.17. The Morgan fingerprint density at radius 3 is 2.17 bits per heavy atom. The van der Waals surface area contributed by atoms with E-state index in [1.807, 2.05) is 0 Å². The molecule has 0 saturated carbocycles. The Labute approximate surface area is 77.9 Å². The van der Waals surface area contributed by atoms with Gasteiger partial charge in [0.2, 0.25) is 0 Å². The second-order valence-corrected chi connectivity index (χ2v) is 4.28. The maximum Gasteiger partial charge on any atom is -0.00227 e. The predicted molar refractivity (Wildman–Crippen MR) is 56.4 cm³/mol. The molecule has 1 heteroatoms. The van der Waals surface area contributed by atoms with Gasteiger partial charge in [0.1, 0.15) is 0 Å². The average Bonchev–Trinajstić information content (AvgIpc) is 2.40. The highest BCUT2D eigenvalue weighted by Gasteiger charge is 2.06. The molecule has 1 unspecified atom stereocenters. The second kappa shape index (κ2) is 7.60. The lowest BCUT2D eigenvalue weighted by atomic mass is 10.1. The zero-order valence-electron chi connectivity index (χ0n) is 9.19. The molecule has 12 heavy (non-hydrogen) atoms. The molecule has 0 aromatic heterocycles. The summed E-state index contributed by atoms with van der Waals surface area (Å²) in [5.41, 5.74) is 0. The van der Waals surface area contributed by atoms with Crippen LogP contribution in [0, 0.1) is 11.8 Å². The van der Waals surface area contributed by atoms with E-state index in [9.17, 15) is 0 Å². The standard InChI is InChI=1S/C6H14.C5H11N/c1-4-5-6(2)3;1-5-2-3-6-4-5/h6H,4-5H2,1-3H3;5-6H,2-4H2,1H3. The van der Waals surface area contributed by atoms with Crippen LogP contribution in [0.2, 0.25) is 0 Å². The largest absolute Gasteiger partial charge is 0.316 e. The minimum absolute atomic E-state index is 0.898. The van der Waals surface area contributed by atoms with Crippen LogP contribution in [-0.4, -0.2) is 13.1 Å². The summed E-state index contributed by atoms with van der Waals surface area (Å²) in [6.07, 6.45) is 4.08. The highest BCUT2D eigenvalue weighted by molar-refractivity contribution is 4.65. The molecule has 0 aromatic carbocycles. The number of hydrogen-bond donors (Lipinski definition) is 1. The molecule has 1 rings (SSSR count). The van der Waals surface area contributed by atoms with E-state index in [2.05, 4.69) is 33.0 Å². The summed E-state index contributed by atoms with van der Waals surface area (Å²) in [5, 5.41) is 3.27. The molecule has 0 radical (unpaired) electrons. The van der Waals surface area contributed by atoms with Crippen molar-refractivity contribution in [2.24, 2.45) is 11.8 Å². The van der Waals surface area contributed by atoms with E-state index in [0.717, 1.165) is 11.8 Å². The maximum atomic E-state index is 3.27. The van der Waals surface area contributed by atoms with Crippen molar-refractivity contribution in [3.63, 3.8) is 0 Å². The van der Waals surface area contributed by atoms with Gasteiger partial charge in [-0.3, -0.25) is 0 Å². The van der Waals surface area contributed by atoms with Gasteiger partial charge < -0.3 is 5.32 Å². The lowest BCUT2D eigenvalue weighted by Gasteiger charge is -1.95. The summed E-state index contributed by atoms with van der Waals surface area (Å²) in [5.74, 6) is 1.83. The molecule has 1 atom stereocenters. The molecule has 1 fully saturated rings. The van der Waals surface area contributed by atoms with Crippen LogP contribution in [-0.2, 0) is 0 Å². The van der Waals surface area contributed by atoms with Crippen molar-refractivity contribution in [2.45, 2.75) is 47.0 Å². The number of hydrogen-bond acceptors (Lipinski definition) is 1. The van der Waals surface area contributed by atoms with Gasteiger partial charge in [-0.2, -0.15) is 0 Å². The van der Waals surface area contributed by atoms with Crippen molar-refractivity contribution in [1.82, 2.24) is 5.32 Å². The van der Waals surface area contributed by atoms with Crippen LogP contribution in [0.5, 0.6) is 0 Å². The Balaban J connectivity index is 0.000000202. The van der Waals surface area contributed by atoms with E-state index in [1.165, 1.54) is 32.4 Å². The third-order valence-corrected chi connectivity index (χ3v) is 2.17. The van der Waals surface area contributed by atoms with Crippen molar-refractivity contribution in [1.29, 1.82) is 0 Å². The third kappa shape index (κ3) is 8.06. The molecular formula is C11H25N. The molecule has 0 aromatic rings. The van der Waals surface area contributed by atoms with Gasteiger partial charge in [0.25, 0.3) is 0 Å². The summed E-state index contributed by atoms with van der Waals surface area (Å²) < 4.78 is 0. The Bertz CT molecular complexity index is 83.0. The van der Waals surface area contributed by atoms with Gasteiger partial charge in [-0.15, -0.1) is 0 Å². The summed E-state index contributed by atoms with van der Waals surface area (Å²) in [7, 11) is 0. The van der Waals surface area contributed by atoms with E-state index in [0.29, 0.717) is 0 Å². The maximum absolute atomic E-state index is 3.27. The molecule has 1 nitrogen and oxygen atoms in total. The molecule has 0 aliphatic carbocycles. The fourth-order valence-corrected chi connectivity index (χ4v) is 1.38. The van der Waals surface area contributed by atoms with Crippen molar-refractivity contribution in [2.75, 3.05) is 13.1 Å². The quantitative estimate of drug-likeness (QED) is 0.673. The van der Waals surface area contributed by atoms with Crippen LogP contribution in [0.25, 0.3) is 0 Å². The van der Waals surface area contributed by atoms with Crippen molar-refractivity contribution < 1.29 is 0 Å². The zero-order valence-corrected chi connectivity index (χ0v) is 9.19. The van der Waals surface area contributed by atoms with Crippen molar-refractivity contribution in [3.8, 4) is 0 Å². The highest BCUT2D eigenvalue weighted by atomic mass is 14.9. The van der Waals surface area contributed by atoms with E-state index in [-0.39, 0.29) is 0 Å². The SMILES string of the molecule is CC1CCNC1.CCCC(C)C. The molecule has 0 amide bonds. The molecular weight excluding hydrogens is 146 g/mol. The van der Waals surface area contributed by atoms with Crippen LogP contribution in [0.4, 0.5) is 0 Å². The number of rotatable bonds is 2. The first-order valence-corrected chi connectivity index (χ1v) is 5.37. The smallest absolute Gasteiger partial charge is 0.00227 e. The molecule has 1 saturated heterocycles. The molecule has 0 spiro atoms. The first-order valence-electron chi connectivity index (χ1n) is 5.37. The number of nitrogens with one attached hydrogen (secondary N) is 1. The van der Waals surface area contributed by atoms with Crippen LogP contribution >= 0.6 is 0 Å². The van der Waals surface area contributed by atoms with Gasteiger partial charge in [0.15, 0.2) is 0 Å². The molecule has 1 aliphatic heterocycles. The van der Waals surface area contributed by atoms with E-state index >= 15 is 0 Å². The topological polar surface area (TPSA) is 12.0 Å². The van der Waals surface area contributed by atoms with Gasteiger partial charge in [-0.25, -0.2) is 0 Å².